The molecule has 0 radical (unpaired) electrons. The van der Waals surface area contributed by atoms with Gasteiger partial charge in [-0.2, -0.15) is 0 Å². The van der Waals surface area contributed by atoms with Crippen LogP contribution < -0.4 is 20.5 Å². The summed E-state index contributed by atoms with van der Waals surface area (Å²) in [5.41, 5.74) is 8.93. The van der Waals surface area contributed by atoms with E-state index in [1.54, 1.807) is 0 Å². The first-order chi connectivity index (χ1) is 6.86. The van der Waals surface area contributed by atoms with Crippen molar-refractivity contribution in [3.63, 3.8) is 0 Å². The molecule has 2 aliphatic rings. The average molecular weight is 192 g/mol. The highest BCUT2D eigenvalue weighted by molar-refractivity contribution is 5.81. The molecule has 0 atom stereocenters. The summed E-state index contributed by atoms with van der Waals surface area (Å²) >= 11 is 0. The van der Waals surface area contributed by atoms with Gasteiger partial charge in [-0.3, -0.25) is 0 Å². The maximum Gasteiger partial charge on any atom is 0.186 e. The van der Waals surface area contributed by atoms with Crippen LogP contribution in [0.15, 0.2) is 6.07 Å². The quantitative estimate of drug-likeness (QED) is 0.602. The molecular formula is C10H12N2O2. The third-order valence-corrected chi connectivity index (χ3v) is 2.65. The molecule has 0 saturated carbocycles. The summed E-state index contributed by atoms with van der Waals surface area (Å²) in [6.45, 7) is 2.14. The summed E-state index contributed by atoms with van der Waals surface area (Å²) < 4.78 is 11.0. The van der Waals surface area contributed by atoms with Gasteiger partial charge < -0.3 is 20.5 Å². The van der Waals surface area contributed by atoms with Crippen molar-refractivity contribution in [2.24, 2.45) is 0 Å². The summed E-state index contributed by atoms with van der Waals surface area (Å²) in [6, 6.07) is 2.03. The molecule has 3 N–H and O–H groups in total. The highest BCUT2D eigenvalue weighted by Crippen LogP contribution is 2.44. The highest BCUT2D eigenvalue weighted by Gasteiger charge is 2.23. The molecule has 0 unspecified atom stereocenters. The summed E-state index contributed by atoms with van der Waals surface area (Å²) in [5, 5.41) is 3.26. The van der Waals surface area contributed by atoms with Crippen molar-refractivity contribution in [1.29, 1.82) is 0 Å². The van der Waals surface area contributed by atoms with Gasteiger partial charge in [-0.25, -0.2) is 0 Å². The molecule has 4 nitrogen and oxygen atoms in total. The van der Waals surface area contributed by atoms with Gasteiger partial charge in [0.15, 0.2) is 11.5 Å². The summed E-state index contributed by atoms with van der Waals surface area (Å²) in [6.07, 6.45) is 1.01. The lowest BCUT2D eigenvalue weighted by molar-refractivity contribution is 0.172. The minimum absolute atomic E-state index is 0.579. The second-order valence-electron chi connectivity index (χ2n) is 3.53. The molecule has 3 rings (SSSR count). The van der Waals surface area contributed by atoms with Crippen LogP contribution in [-0.4, -0.2) is 19.8 Å². The number of fused-ring (bicyclic) bond motifs is 2. The fourth-order valence-electron chi connectivity index (χ4n) is 1.99. The SMILES string of the molecule is Nc1c2c(cc3c1OCCO3)CCN2. The summed E-state index contributed by atoms with van der Waals surface area (Å²) in [5.74, 6) is 1.49. The zero-order valence-electron chi connectivity index (χ0n) is 7.80. The van der Waals surface area contributed by atoms with Crippen LogP contribution in [0.5, 0.6) is 11.5 Å². The molecule has 0 bridgehead atoms. The number of rotatable bonds is 0. The first-order valence-electron chi connectivity index (χ1n) is 4.81. The molecule has 14 heavy (non-hydrogen) atoms. The maximum atomic E-state index is 5.99. The van der Waals surface area contributed by atoms with Gasteiger partial charge in [0.05, 0.1) is 5.69 Å². The first kappa shape index (κ1) is 7.79. The summed E-state index contributed by atoms with van der Waals surface area (Å²) in [4.78, 5) is 0. The number of nitrogen functional groups attached to an aromatic ring is 1. The Balaban J connectivity index is 2.20. The van der Waals surface area contributed by atoms with Crippen molar-refractivity contribution >= 4 is 11.4 Å². The Bertz CT molecular complexity index is 390. The van der Waals surface area contributed by atoms with Gasteiger partial charge in [0.1, 0.15) is 18.9 Å². The van der Waals surface area contributed by atoms with Gasteiger partial charge >= 0.3 is 0 Å². The van der Waals surface area contributed by atoms with Gasteiger partial charge in [-0.05, 0) is 18.1 Å². The number of nitrogens with two attached hydrogens (primary N) is 1. The fraction of sp³-hybridized carbons (Fsp3) is 0.400. The molecule has 74 valence electrons. The van der Waals surface area contributed by atoms with E-state index < -0.39 is 0 Å². The van der Waals surface area contributed by atoms with Gasteiger partial charge in [0.2, 0.25) is 0 Å². The number of hydrogen-bond acceptors (Lipinski definition) is 4. The first-order valence-corrected chi connectivity index (χ1v) is 4.81. The topological polar surface area (TPSA) is 56.5 Å². The van der Waals surface area contributed by atoms with Crippen LogP contribution in [0.4, 0.5) is 11.4 Å². The van der Waals surface area contributed by atoms with E-state index in [2.05, 4.69) is 5.32 Å². The van der Waals surface area contributed by atoms with Gasteiger partial charge in [0.25, 0.3) is 0 Å². The van der Waals surface area contributed by atoms with E-state index in [0.717, 1.165) is 24.4 Å². The van der Waals surface area contributed by atoms with Crippen LogP contribution in [0.1, 0.15) is 5.56 Å². The van der Waals surface area contributed by atoms with Crippen LogP contribution in [-0.2, 0) is 6.42 Å². The lowest BCUT2D eigenvalue weighted by atomic mass is 10.1. The minimum Gasteiger partial charge on any atom is -0.486 e. The van der Waals surface area contributed by atoms with Crippen LogP contribution in [0.25, 0.3) is 0 Å². The van der Waals surface area contributed by atoms with Crippen molar-refractivity contribution in [3.8, 4) is 11.5 Å². The Morgan fingerprint density at radius 3 is 3.07 bits per heavy atom. The lowest BCUT2D eigenvalue weighted by Crippen LogP contribution is -2.17. The van der Waals surface area contributed by atoms with E-state index in [0.29, 0.717) is 24.7 Å². The number of nitrogens with one attached hydrogen (secondary N) is 1. The zero-order chi connectivity index (χ0) is 9.54. The third kappa shape index (κ3) is 0.937. The largest absolute Gasteiger partial charge is 0.486 e. The number of hydrogen-bond donors (Lipinski definition) is 2. The van der Waals surface area contributed by atoms with Crippen LogP contribution >= 0.6 is 0 Å². The van der Waals surface area contributed by atoms with Crippen LogP contribution in [0.2, 0.25) is 0 Å². The predicted octanol–water partition coefficient (Wildman–Crippen LogP) is 1.01. The van der Waals surface area contributed by atoms with Crippen molar-refractivity contribution < 1.29 is 9.47 Å². The molecule has 1 aromatic rings. The molecule has 1 aromatic carbocycles. The molecule has 2 aliphatic heterocycles. The molecule has 0 aliphatic carbocycles. The fourth-order valence-corrected chi connectivity index (χ4v) is 1.99. The molecule has 0 amide bonds. The molecule has 0 aromatic heterocycles. The van der Waals surface area contributed by atoms with E-state index in [-0.39, 0.29) is 0 Å². The van der Waals surface area contributed by atoms with Gasteiger partial charge in [0, 0.05) is 6.54 Å². The predicted molar refractivity (Wildman–Crippen MR) is 54.0 cm³/mol. The second-order valence-corrected chi connectivity index (χ2v) is 3.53. The van der Waals surface area contributed by atoms with Crippen LogP contribution in [0, 0.1) is 0 Å². The molecule has 4 heteroatoms. The maximum absolute atomic E-state index is 5.99. The Morgan fingerprint density at radius 1 is 1.29 bits per heavy atom. The molecular weight excluding hydrogens is 180 g/mol. The smallest absolute Gasteiger partial charge is 0.186 e. The zero-order valence-corrected chi connectivity index (χ0v) is 7.80. The van der Waals surface area contributed by atoms with Gasteiger partial charge in [-0.15, -0.1) is 0 Å². The monoisotopic (exact) mass is 192 g/mol. The van der Waals surface area contributed by atoms with Crippen LogP contribution in [0.3, 0.4) is 0 Å². The van der Waals surface area contributed by atoms with E-state index >= 15 is 0 Å². The normalized spacial score (nSPS) is 17.4. The van der Waals surface area contributed by atoms with E-state index in [1.165, 1.54) is 5.56 Å². The second kappa shape index (κ2) is 2.70. The Morgan fingerprint density at radius 2 is 2.14 bits per heavy atom. The number of ether oxygens (including phenoxy) is 2. The molecule has 0 spiro atoms. The standard InChI is InChI=1S/C10H12N2O2/c11-8-9-6(1-2-12-9)5-7-10(8)14-4-3-13-7/h5,12H,1-4,11H2. The average Bonchev–Trinajstić information content (AvgIpc) is 2.66. The Kier molecular flexibility index (Phi) is 1.50. The number of benzene rings is 1. The van der Waals surface area contributed by atoms with E-state index in [4.69, 9.17) is 15.2 Å². The molecule has 2 heterocycles. The minimum atomic E-state index is 0.579. The Labute approximate surface area is 82.0 Å². The molecule has 0 saturated heterocycles. The van der Waals surface area contributed by atoms with Crippen molar-refractivity contribution in [1.82, 2.24) is 0 Å². The van der Waals surface area contributed by atoms with E-state index in [9.17, 15) is 0 Å². The van der Waals surface area contributed by atoms with Crippen molar-refractivity contribution in [3.05, 3.63) is 11.6 Å². The number of anilines is 2. The Hall–Kier alpha value is -1.58. The third-order valence-electron chi connectivity index (χ3n) is 2.65. The molecule has 0 fully saturated rings. The lowest BCUT2D eigenvalue weighted by Gasteiger charge is -2.21. The van der Waals surface area contributed by atoms with Crippen molar-refractivity contribution in [2.75, 3.05) is 30.8 Å². The van der Waals surface area contributed by atoms with Crippen molar-refractivity contribution in [2.45, 2.75) is 6.42 Å². The van der Waals surface area contributed by atoms with Gasteiger partial charge in [-0.1, -0.05) is 0 Å². The van der Waals surface area contributed by atoms with E-state index in [1.807, 2.05) is 6.07 Å². The summed E-state index contributed by atoms with van der Waals surface area (Å²) in [7, 11) is 0. The highest BCUT2D eigenvalue weighted by atomic mass is 16.6.